The third kappa shape index (κ3) is 2.48. The molecule has 5 heteroatoms. The Labute approximate surface area is 136 Å². The lowest BCUT2D eigenvalue weighted by Gasteiger charge is -2.22. The zero-order chi connectivity index (χ0) is 16.6. The fourth-order valence-electron chi connectivity index (χ4n) is 3.65. The summed E-state index contributed by atoms with van der Waals surface area (Å²) in [5.74, 6) is 0.157. The Kier molecular flexibility index (Phi) is 4.04. The molecule has 1 aliphatic carbocycles. The predicted octanol–water partition coefficient (Wildman–Crippen LogP) is 2.27. The number of carbonyl (C=O) groups excluding carboxylic acids is 2. The number of methoxy groups -OCH3 is 2. The Hall–Kier alpha value is -2.04. The Bertz CT molecular complexity index is 636. The number of hydrogen-bond donors (Lipinski definition) is 0. The van der Waals surface area contributed by atoms with Crippen molar-refractivity contribution in [3.63, 3.8) is 0 Å². The molecule has 0 unspecified atom stereocenters. The normalized spacial score (nSPS) is 26.0. The molecule has 2 fully saturated rings. The van der Waals surface area contributed by atoms with Crippen molar-refractivity contribution in [1.82, 2.24) is 4.90 Å². The van der Waals surface area contributed by atoms with Gasteiger partial charge in [0.25, 0.3) is 0 Å². The van der Waals surface area contributed by atoms with Gasteiger partial charge in [0.15, 0.2) is 5.41 Å². The lowest BCUT2D eigenvalue weighted by molar-refractivity contribution is -0.155. The van der Waals surface area contributed by atoms with E-state index in [1.807, 2.05) is 30.0 Å². The number of hydrogen-bond acceptors (Lipinski definition) is 4. The average molecular weight is 317 g/mol. The Morgan fingerprint density at radius 2 is 1.91 bits per heavy atom. The summed E-state index contributed by atoms with van der Waals surface area (Å²) in [6.07, 6.45) is 2.53. The standard InChI is InChI=1S/C18H23NO4/c1-12-6-7-13(10-15(12)22-2)14-11-18(14,17(21)23-3)16(20)19-8-4-5-9-19/h6-7,10,14H,4-5,8-9,11H2,1-3H3/t14-,18-/m1/s1. The zero-order valence-corrected chi connectivity index (χ0v) is 13.9. The molecule has 1 saturated heterocycles. The van der Waals surface area contributed by atoms with Crippen LogP contribution in [0.1, 0.15) is 36.3 Å². The lowest BCUT2D eigenvalue weighted by atomic mass is 9.96. The minimum absolute atomic E-state index is 0.0774. The van der Waals surface area contributed by atoms with E-state index in [0.29, 0.717) is 6.42 Å². The number of carbonyl (C=O) groups is 2. The van der Waals surface area contributed by atoms with E-state index in [1.165, 1.54) is 7.11 Å². The van der Waals surface area contributed by atoms with E-state index in [1.54, 1.807) is 7.11 Å². The second-order valence-electron chi connectivity index (χ2n) is 6.45. The minimum Gasteiger partial charge on any atom is -0.496 e. The van der Waals surface area contributed by atoms with Crippen LogP contribution in [0.4, 0.5) is 0 Å². The minimum atomic E-state index is -1.04. The van der Waals surface area contributed by atoms with Crippen LogP contribution in [0.3, 0.4) is 0 Å². The summed E-state index contributed by atoms with van der Waals surface area (Å²) in [5.41, 5.74) is 0.955. The summed E-state index contributed by atoms with van der Waals surface area (Å²) in [4.78, 5) is 27.1. The number of likely N-dealkylation sites (tertiary alicyclic amines) is 1. The molecule has 1 heterocycles. The summed E-state index contributed by atoms with van der Waals surface area (Å²) < 4.78 is 10.3. The van der Waals surface area contributed by atoms with Crippen LogP contribution >= 0.6 is 0 Å². The first-order valence-corrected chi connectivity index (χ1v) is 8.07. The highest BCUT2D eigenvalue weighted by molar-refractivity contribution is 6.07. The van der Waals surface area contributed by atoms with Gasteiger partial charge in [-0.3, -0.25) is 9.59 Å². The molecule has 3 rings (SSSR count). The average Bonchev–Trinajstić information content (AvgIpc) is 3.09. The molecule has 1 aromatic rings. The number of ether oxygens (including phenoxy) is 2. The van der Waals surface area contributed by atoms with Crippen molar-refractivity contribution in [3.8, 4) is 5.75 Å². The maximum atomic E-state index is 12.9. The molecule has 23 heavy (non-hydrogen) atoms. The molecule has 0 radical (unpaired) electrons. The molecular formula is C18H23NO4. The van der Waals surface area contributed by atoms with Gasteiger partial charge in [-0.25, -0.2) is 0 Å². The van der Waals surface area contributed by atoms with Crippen LogP contribution in [-0.2, 0) is 14.3 Å². The summed E-state index contributed by atoms with van der Waals surface area (Å²) in [6.45, 7) is 3.45. The van der Waals surface area contributed by atoms with Crippen LogP contribution in [0.5, 0.6) is 5.75 Å². The first kappa shape index (κ1) is 15.8. The van der Waals surface area contributed by atoms with Crippen molar-refractivity contribution in [1.29, 1.82) is 0 Å². The smallest absolute Gasteiger partial charge is 0.322 e. The molecule has 1 aliphatic heterocycles. The summed E-state index contributed by atoms with van der Waals surface area (Å²) in [6, 6.07) is 5.88. The topological polar surface area (TPSA) is 55.8 Å². The summed E-state index contributed by atoms with van der Waals surface area (Å²) in [5, 5.41) is 0. The number of aryl methyl sites for hydroxylation is 1. The van der Waals surface area contributed by atoms with Crippen LogP contribution in [-0.4, -0.2) is 44.1 Å². The molecule has 0 bridgehead atoms. The lowest BCUT2D eigenvalue weighted by Crippen LogP contribution is -2.40. The van der Waals surface area contributed by atoms with Gasteiger partial charge in [0.05, 0.1) is 14.2 Å². The van der Waals surface area contributed by atoms with Crippen LogP contribution in [0.2, 0.25) is 0 Å². The molecular weight excluding hydrogens is 294 g/mol. The Morgan fingerprint density at radius 1 is 1.22 bits per heavy atom. The van der Waals surface area contributed by atoms with Crippen molar-refractivity contribution >= 4 is 11.9 Å². The van der Waals surface area contributed by atoms with E-state index in [-0.39, 0.29) is 11.8 Å². The van der Waals surface area contributed by atoms with Gasteiger partial charge in [0.1, 0.15) is 5.75 Å². The molecule has 0 N–H and O–H groups in total. The fourth-order valence-corrected chi connectivity index (χ4v) is 3.65. The number of benzene rings is 1. The van der Waals surface area contributed by atoms with Gasteiger partial charge in [-0.1, -0.05) is 12.1 Å². The quantitative estimate of drug-likeness (QED) is 0.631. The summed E-state index contributed by atoms with van der Waals surface area (Å²) in [7, 11) is 2.98. The van der Waals surface area contributed by atoms with E-state index >= 15 is 0 Å². The number of rotatable bonds is 4. The predicted molar refractivity (Wildman–Crippen MR) is 85.4 cm³/mol. The third-order valence-corrected chi connectivity index (χ3v) is 5.12. The molecule has 2 atom stereocenters. The van der Waals surface area contributed by atoms with E-state index < -0.39 is 11.4 Å². The third-order valence-electron chi connectivity index (χ3n) is 5.12. The van der Waals surface area contributed by atoms with Crippen LogP contribution < -0.4 is 4.74 Å². The van der Waals surface area contributed by atoms with Gasteiger partial charge in [0.2, 0.25) is 5.91 Å². The van der Waals surface area contributed by atoms with E-state index in [2.05, 4.69) is 0 Å². The molecule has 5 nitrogen and oxygen atoms in total. The molecule has 1 aromatic carbocycles. The van der Waals surface area contributed by atoms with Gasteiger partial charge >= 0.3 is 5.97 Å². The fraction of sp³-hybridized carbons (Fsp3) is 0.556. The van der Waals surface area contributed by atoms with Gasteiger partial charge in [-0.05, 0) is 43.4 Å². The van der Waals surface area contributed by atoms with Crippen molar-refractivity contribution in [2.24, 2.45) is 5.41 Å². The highest BCUT2D eigenvalue weighted by Crippen LogP contribution is 2.61. The highest BCUT2D eigenvalue weighted by atomic mass is 16.5. The largest absolute Gasteiger partial charge is 0.496 e. The van der Waals surface area contributed by atoms with E-state index in [9.17, 15) is 9.59 Å². The highest BCUT2D eigenvalue weighted by Gasteiger charge is 2.68. The molecule has 0 spiro atoms. The summed E-state index contributed by atoms with van der Waals surface area (Å²) >= 11 is 0. The van der Waals surface area contributed by atoms with Crippen molar-refractivity contribution in [2.45, 2.75) is 32.1 Å². The SMILES string of the molecule is COC(=O)[C@]1(C(=O)N2CCCC2)C[C@@H]1c1ccc(C)c(OC)c1. The van der Waals surface area contributed by atoms with Gasteiger partial charge < -0.3 is 14.4 Å². The Morgan fingerprint density at radius 3 is 2.52 bits per heavy atom. The monoisotopic (exact) mass is 317 g/mol. The van der Waals surface area contributed by atoms with Crippen molar-refractivity contribution in [3.05, 3.63) is 29.3 Å². The number of esters is 1. The van der Waals surface area contributed by atoms with Gasteiger partial charge in [-0.2, -0.15) is 0 Å². The molecule has 0 aromatic heterocycles. The maximum Gasteiger partial charge on any atom is 0.322 e. The first-order chi connectivity index (χ1) is 11.0. The molecule has 1 amide bonds. The van der Waals surface area contributed by atoms with E-state index in [0.717, 1.165) is 42.8 Å². The second kappa shape index (κ2) is 5.87. The van der Waals surface area contributed by atoms with Crippen LogP contribution in [0, 0.1) is 12.3 Å². The molecule has 1 saturated carbocycles. The number of nitrogens with zero attached hydrogens (tertiary/aromatic N) is 1. The van der Waals surface area contributed by atoms with Crippen LogP contribution in [0.25, 0.3) is 0 Å². The first-order valence-electron chi connectivity index (χ1n) is 8.07. The Balaban J connectivity index is 1.91. The van der Waals surface area contributed by atoms with Gasteiger partial charge in [0, 0.05) is 19.0 Å². The molecule has 2 aliphatic rings. The van der Waals surface area contributed by atoms with Crippen molar-refractivity contribution in [2.75, 3.05) is 27.3 Å². The van der Waals surface area contributed by atoms with Gasteiger partial charge in [-0.15, -0.1) is 0 Å². The zero-order valence-electron chi connectivity index (χ0n) is 13.9. The van der Waals surface area contributed by atoms with Crippen molar-refractivity contribution < 1.29 is 19.1 Å². The molecule has 124 valence electrons. The van der Waals surface area contributed by atoms with Crippen LogP contribution in [0.15, 0.2) is 18.2 Å². The second-order valence-corrected chi connectivity index (χ2v) is 6.45. The number of amides is 1. The maximum absolute atomic E-state index is 12.9. The van der Waals surface area contributed by atoms with E-state index in [4.69, 9.17) is 9.47 Å².